The fourth-order valence-electron chi connectivity index (χ4n) is 5.07. The quantitative estimate of drug-likeness (QED) is 0.477. The summed E-state index contributed by atoms with van der Waals surface area (Å²) in [5.74, 6) is -0.0685. The van der Waals surface area contributed by atoms with Crippen LogP contribution in [0.3, 0.4) is 0 Å². The number of aryl methyl sites for hydroxylation is 1. The normalized spacial score (nSPS) is 22.8. The second-order valence-corrected chi connectivity index (χ2v) is 11.5. The highest BCUT2D eigenvalue weighted by Gasteiger charge is 2.58. The van der Waals surface area contributed by atoms with E-state index in [0.29, 0.717) is 32.6 Å². The minimum Gasteiger partial charge on any atom is -0.337 e. The van der Waals surface area contributed by atoms with Crippen molar-refractivity contribution < 1.29 is 9.59 Å². The number of hydrogen-bond acceptors (Lipinski definition) is 6. The van der Waals surface area contributed by atoms with Gasteiger partial charge in [0.05, 0.1) is 34.7 Å². The number of aromatic nitrogens is 3. The summed E-state index contributed by atoms with van der Waals surface area (Å²) in [6.45, 7) is 8.31. The Morgan fingerprint density at radius 3 is 2.88 bits per heavy atom. The van der Waals surface area contributed by atoms with Crippen LogP contribution < -0.4 is 0 Å². The molecule has 2 amide bonds. The smallest absolute Gasteiger partial charge is 0.246 e. The van der Waals surface area contributed by atoms with Gasteiger partial charge in [0.2, 0.25) is 11.8 Å². The fourth-order valence-corrected chi connectivity index (χ4v) is 6.29. The number of carbonyl (C=O) groups excluding carboxylic acids is 2. The molecule has 0 saturated carbocycles. The minimum absolute atomic E-state index is 0.0556. The third-order valence-electron chi connectivity index (χ3n) is 6.92. The molecule has 2 saturated heterocycles. The Kier molecular flexibility index (Phi) is 6.16. The molecule has 2 aliphatic rings. The number of imidazole rings is 1. The van der Waals surface area contributed by atoms with Gasteiger partial charge in [-0.15, -0.1) is 22.7 Å². The van der Waals surface area contributed by atoms with Gasteiger partial charge >= 0.3 is 0 Å². The van der Waals surface area contributed by atoms with E-state index in [1.54, 1.807) is 28.7 Å². The molecule has 3 aromatic heterocycles. The average molecular weight is 496 g/mol. The van der Waals surface area contributed by atoms with Crippen LogP contribution in [0.4, 0.5) is 0 Å². The molecule has 2 aliphatic heterocycles. The van der Waals surface area contributed by atoms with E-state index in [1.807, 2.05) is 58.2 Å². The third-order valence-corrected chi connectivity index (χ3v) is 8.58. The predicted octanol–water partition coefficient (Wildman–Crippen LogP) is 4.35. The molecule has 0 N–H and O–H groups in total. The van der Waals surface area contributed by atoms with Gasteiger partial charge in [0, 0.05) is 54.1 Å². The first-order valence-electron chi connectivity index (χ1n) is 11.6. The summed E-state index contributed by atoms with van der Waals surface area (Å²) in [5, 5.41) is 5.02. The number of carbonyl (C=O) groups is 2. The second kappa shape index (κ2) is 9.11. The molecule has 7 nitrogen and oxygen atoms in total. The Bertz CT molecular complexity index is 1210. The van der Waals surface area contributed by atoms with Crippen molar-refractivity contribution in [2.24, 2.45) is 5.41 Å². The molecular weight excluding hydrogens is 466 g/mol. The van der Waals surface area contributed by atoms with E-state index < -0.39 is 5.41 Å². The van der Waals surface area contributed by atoms with Gasteiger partial charge in [0.1, 0.15) is 0 Å². The zero-order valence-corrected chi connectivity index (χ0v) is 21.3. The van der Waals surface area contributed by atoms with Crippen LogP contribution >= 0.6 is 22.7 Å². The molecule has 5 heterocycles. The topological polar surface area (TPSA) is 71.3 Å². The van der Waals surface area contributed by atoms with Crippen LogP contribution in [0.25, 0.3) is 6.08 Å². The van der Waals surface area contributed by atoms with Crippen molar-refractivity contribution in [2.75, 3.05) is 19.6 Å². The standard InChI is InChI=1S/C25H29N5O2S2/c1-17(2)30-13-22(26-16-30)21-12-29(23(31)7-6-20-5-4-10-33-20)15-25(21)8-9-28(24(25)32)11-19-14-34-18(3)27-19/h4-7,10,13-14,16-17,21H,8-9,11-12,15H2,1-3H3/b7-6+/t21-,25-/m1/s1. The Labute approximate surface area is 207 Å². The molecule has 34 heavy (non-hydrogen) atoms. The molecule has 0 aliphatic carbocycles. The second-order valence-electron chi connectivity index (χ2n) is 9.45. The van der Waals surface area contributed by atoms with Gasteiger partial charge in [-0.05, 0) is 44.7 Å². The number of nitrogens with zero attached hydrogens (tertiary/aromatic N) is 5. The van der Waals surface area contributed by atoms with E-state index in [0.717, 1.165) is 21.3 Å². The Morgan fingerprint density at radius 2 is 2.21 bits per heavy atom. The van der Waals surface area contributed by atoms with Crippen LogP contribution in [0.1, 0.15) is 53.5 Å². The summed E-state index contributed by atoms with van der Waals surface area (Å²) in [5.41, 5.74) is 1.18. The number of amides is 2. The van der Waals surface area contributed by atoms with Crippen LogP contribution in [0.2, 0.25) is 0 Å². The summed E-state index contributed by atoms with van der Waals surface area (Å²) in [7, 11) is 0. The van der Waals surface area contributed by atoms with Crippen LogP contribution in [-0.2, 0) is 16.1 Å². The van der Waals surface area contributed by atoms with E-state index in [4.69, 9.17) is 4.98 Å². The fraction of sp³-hybridized carbons (Fsp3) is 0.440. The van der Waals surface area contributed by atoms with Gasteiger partial charge in [0.15, 0.2) is 0 Å². The Morgan fingerprint density at radius 1 is 1.35 bits per heavy atom. The number of thiophene rings is 1. The van der Waals surface area contributed by atoms with Crippen molar-refractivity contribution >= 4 is 40.6 Å². The maximum Gasteiger partial charge on any atom is 0.246 e. The number of likely N-dealkylation sites (tertiary alicyclic amines) is 2. The molecule has 2 atom stereocenters. The van der Waals surface area contributed by atoms with Crippen molar-refractivity contribution in [3.05, 3.63) is 62.8 Å². The number of rotatable bonds is 6. The van der Waals surface area contributed by atoms with Gasteiger partial charge in [0.25, 0.3) is 0 Å². The van der Waals surface area contributed by atoms with E-state index in [9.17, 15) is 9.59 Å². The lowest BCUT2D eigenvalue weighted by atomic mass is 9.75. The largest absolute Gasteiger partial charge is 0.337 e. The lowest BCUT2D eigenvalue weighted by Gasteiger charge is -2.27. The molecule has 0 unspecified atom stereocenters. The molecule has 9 heteroatoms. The molecule has 3 aromatic rings. The Balaban J connectivity index is 1.42. The lowest BCUT2D eigenvalue weighted by molar-refractivity contribution is -0.137. The van der Waals surface area contributed by atoms with Crippen LogP contribution in [-0.4, -0.2) is 55.8 Å². The SMILES string of the molecule is Cc1nc(CN2CC[C@]3(CN(C(=O)/C=C/c4cccs4)C[C@@H]3c3cn(C(C)C)cn3)C2=O)cs1. The number of hydrogen-bond donors (Lipinski definition) is 0. The van der Waals surface area contributed by atoms with Crippen LogP contribution in [0.5, 0.6) is 0 Å². The first-order chi connectivity index (χ1) is 16.4. The van der Waals surface area contributed by atoms with Crippen molar-refractivity contribution in [1.29, 1.82) is 0 Å². The van der Waals surface area contributed by atoms with Crippen molar-refractivity contribution in [1.82, 2.24) is 24.3 Å². The highest BCUT2D eigenvalue weighted by molar-refractivity contribution is 7.10. The Hall–Kier alpha value is -2.78. The zero-order chi connectivity index (χ0) is 23.9. The van der Waals surface area contributed by atoms with Crippen LogP contribution in [0.15, 0.2) is 41.5 Å². The lowest BCUT2D eigenvalue weighted by Crippen LogP contribution is -2.40. The monoisotopic (exact) mass is 495 g/mol. The maximum atomic E-state index is 13.9. The predicted molar refractivity (Wildman–Crippen MR) is 135 cm³/mol. The van der Waals surface area contributed by atoms with Gasteiger partial charge in [-0.25, -0.2) is 9.97 Å². The third kappa shape index (κ3) is 4.22. The summed E-state index contributed by atoms with van der Waals surface area (Å²) in [6, 6.07) is 4.24. The summed E-state index contributed by atoms with van der Waals surface area (Å²) < 4.78 is 2.07. The van der Waals surface area contributed by atoms with Gasteiger partial charge in [-0.3, -0.25) is 9.59 Å². The summed E-state index contributed by atoms with van der Waals surface area (Å²) in [4.78, 5) is 41.1. The molecule has 2 fully saturated rings. The van der Waals surface area contributed by atoms with Gasteiger partial charge in [-0.1, -0.05) is 6.07 Å². The molecule has 0 radical (unpaired) electrons. The first kappa shape index (κ1) is 23.0. The van der Waals surface area contributed by atoms with Crippen molar-refractivity contribution in [3.63, 3.8) is 0 Å². The molecule has 0 aromatic carbocycles. The van der Waals surface area contributed by atoms with E-state index in [-0.39, 0.29) is 23.8 Å². The highest BCUT2D eigenvalue weighted by atomic mass is 32.1. The van der Waals surface area contributed by atoms with E-state index in [2.05, 4.69) is 23.4 Å². The minimum atomic E-state index is -0.645. The van der Waals surface area contributed by atoms with Gasteiger partial charge in [-0.2, -0.15) is 0 Å². The summed E-state index contributed by atoms with van der Waals surface area (Å²) >= 11 is 3.20. The molecule has 178 valence electrons. The molecule has 1 spiro atoms. The highest BCUT2D eigenvalue weighted by Crippen LogP contribution is 2.50. The van der Waals surface area contributed by atoms with Crippen molar-refractivity contribution in [3.8, 4) is 0 Å². The van der Waals surface area contributed by atoms with Gasteiger partial charge < -0.3 is 14.4 Å². The first-order valence-corrected chi connectivity index (χ1v) is 13.4. The molecular formula is C25H29N5O2S2. The van der Waals surface area contributed by atoms with E-state index >= 15 is 0 Å². The summed E-state index contributed by atoms with van der Waals surface area (Å²) in [6.07, 6.45) is 8.08. The zero-order valence-electron chi connectivity index (χ0n) is 19.7. The molecule has 5 rings (SSSR count). The maximum absolute atomic E-state index is 13.9. The van der Waals surface area contributed by atoms with Crippen molar-refractivity contribution in [2.45, 2.75) is 45.7 Å². The average Bonchev–Trinajstić information content (AvgIpc) is 3.62. The van der Waals surface area contributed by atoms with E-state index in [1.165, 1.54) is 0 Å². The van der Waals surface area contributed by atoms with Crippen LogP contribution in [0, 0.1) is 12.3 Å². The number of thiazole rings is 1. The molecule has 0 bridgehead atoms.